The summed E-state index contributed by atoms with van der Waals surface area (Å²) in [5.74, 6) is 1.84. The Hall–Kier alpha value is -2.76. The van der Waals surface area contributed by atoms with Crippen LogP contribution in [0.3, 0.4) is 0 Å². The molecule has 0 aliphatic rings. The lowest BCUT2D eigenvalue weighted by Gasteiger charge is -2.11. The lowest BCUT2D eigenvalue weighted by atomic mass is 10.2. The standard InChI is InChI=1S/C15H17N3O3/c1-10(19)17-12-5-7-15(16-9-12)18-11-4-6-13(20-2)14(8-11)21-3/h4-9H,1-3H3,(H,16,18)(H,17,19). The van der Waals surface area contributed by atoms with Crippen LogP contribution in [0.1, 0.15) is 6.92 Å². The van der Waals surface area contributed by atoms with Gasteiger partial charge in [0.25, 0.3) is 0 Å². The summed E-state index contributed by atoms with van der Waals surface area (Å²) in [6.07, 6.45) is 1.59. The first-order valence-electron chi connectivity index (χ1n) is 6.35. The molecule has 0 saturated heterocycles. The van der Waals surface area contributed by atoms with Crippen molar-refractivity contribution >= 4 is 23.1 Å². The number of amides is 1. The molecule has 0 aliphatic heterocycles. The summed E-state index contributed by atoms with van der Waals surface area (Å²) in [6, 6.07) is 9.05. The van der Waals surface area contributed by atoms with Crippen molar-refractivity contribution in [2.75, 3.05) is 24.9 Å². The normalized spacial score (nSPS) is 9.86. The number of pyridine rings is 1. The second-order valence-electron chi connectivity index (χ2n) is 4.31. The molecule has 0 bridgehead atoms. The first-order valence-corrected chi connectivity index (χ1v) is 6.35. The van der Waals surface area contributed by atoms with Crippen molar-refractivity contribution in [2.24, 2.45) is 0 Å². The quantitative estimate of drug-likeness (QED) is 0.884. The highest BCUT2D eigenvalue weighted by atomic mass is 16.5. The average molecular weight is 287 g/mol. The van der Waals surface area contributed by atoms with Gasteiger partial charge in [-0.15, -0.1) is 0 Å². The molecule has 21 heavy (non-hydrogen) atoms. The highest BCUT2D eigenvalue weighted by Gasteiger charge is 2.05. The van der Waals surface area contributed by atoms with Crippen LogP contribution in [0.5, 0.6) is 11.5 Å². The third kappa shape index (κ3) is 3.85. The second-order valence-corrected chi connectivity index (χ2v) is 4.31. The SMILES string of the molecule is COc1ccc(Nc2ccc(NC(C)=O)cn2)cc1OC. The third-order valence-corrected chi connectivity index (χ3v) is 2.74. The number of nitrogens with zero attached hydrogens (tertiary/aromatic N) is 1. The number of carbonyl (C=O) groups excluding carboxylic acids is 1. The Labute approximate surface area is 123 Å². The van der Waals surface area contributed by atoms with E-state index in [1.54, 1.807) is 32.5 Å². The molecule has 2 rings (SSSR count). The number of hydrogen-bond acceptors (Lipinski definition) is 5. The van der Waals surface area contributed by atoms with Crippen molar-refractivity contribution in [1.82, 2.24) is 4.98 Å². The minimum absolute atomic E-state index is 0.127. The molecule has 0 spiro atoms. The molecule has 0 radical (unpaired) electrons. The van der Waals surface area contributed by atoms with Crippen LogP contribution in [-0.2, 0) is 4.79 Å². The summed E-state index contributed by atoms with van der Waals surface area (Å²) in [5.41, 5.74) is 1.48. The molecule has 0 aliphatic carbocycles. The van der Waals surface area contributed by atoms with Crippen LogP contribution in [0.25, 0.3) is 0 Å². The van der Waals surface area contributed by atoms with Crippen LogP contribution in [0.2, 0.25) is 0 Å². The molecule has 1 amide bonds. The molecule has 1 heterocycles. The minimum atomic E-state index is -0.127. The smallest absolute Gasteiger partial charge is 0.221 e. The van der Waals surface area contributed by atoms with Crippen molar-refractivity contribution in [3.63, 3.8) is 0 Å². The summed E-state index contributed by atoms with van der Waals surface area (Å²) in [4.78, 5) is 15.2. The Bertz CT molecular complexity index is 627. The molecule has 0 atom stereocenters. The molecule has 0 fully saturated rings. The van der Waals surface area contributed by atoms with E-state index in [1.165, 1.54) is 6.92 Å². The molecular weight excluding hydrogens is 270 g/mol. The van der Waals surface area contributed by atoms with Crippen molar-refractivity contribution < 1.29 is 14.3 Å². The van der Waals surface area contributed by atoms with Crippen LogP contribution in [-0.4, -0.2) is 25.1 Å². The van der Waals surface area contributed by atoms with Crippen LogP contribution in [0.4, 0.5) is 17.2 Å². The molecule has 0 unspecified atom stereocenters. The molecule has 110 valence electrons. The summed E-state index contributed by atoms with van der Waals surface area (Å²) >= 11 is 0. The fraction of sp³-hybridized carbons (Fsp3) is 0.200. The number of hydrogen-bond donors (Lipinski definition) is 2. The Morgan fingerprint density at radius 3 is 2.33 bits per heavy atom. The van der Waals surface area contributed by atoms with E-state index in [9.17, 15) is 4.79 Å². The fourth-order valence-corrected chi connectivity index (χ4v) is 1.81. The van der Waals surface area contributed by atoms with Gasteiger partial charge in [0, 0.05) is 18.7 Å². The average Bonchev–Trinajstić information content (AvgIpc) is 2.48. The number of nitrogens with one attached hydrogen (secondary N) is 2. The Balaban J connectivity index is 2.12. The van der Waals surface area contributed by atoms with E-state index in [0.29, 0.717) is 23.0 Å². The number of methoxy groups -OCH3 is 2. The maximum absolute atomic E-state index is 10.9. The highest BCUT2D eigenvalue weighted by Crippen LogP contribution is 2.30. The third-order valence-electron chi connectivity index (χ3n) is 2.74. The molecule has 1 aromatic carbocycles. The summed E-state index contributed by atoms with van der Waals surface area (Å²) < 4.78 is 10.4. The predicted octanol–water partition coefficient (Wildman–Crippen LogP) is 2.80. The van der Waals surface area contributed by atoms with E-state index in [1.807, 2.05) is 18.2 Å². The van der Waals surface area contributed by atoms with Crippen molar-refractivity contribution in [3.05, 3.63) is 36.5 Å². The largest absolute Gasteiger partial charge is 0.493 e. The zero-order valence-corrected chi connectivity index (χ0v) is 12.1. The van der Waals surface area contributed by atoms with Gasteiger partial charge in [0.1, 0.15) is 5.82 Å². The van der Waals surface area contributed by atoms with Gasteiger partial charge in [0.15, 0.2) is 11.5 Å². The van der Waals surface area contributed by atoms with E-state index in [-0.39, 0.29) is 5.91 Å². The Morgan fingerprint density at radius 1 is 1.05 bits per heavy atom. The Kier molecular flexibility index (Phi) is 4.61. The van der Waals surface area contributed by atoms with Gasteiger partial charge in [0.05, 0.1) is 26.1 Å². The number of rotatable bonds is 5. The fourth-order valence-electron chi connectivity index (χ4n) is 1.81. The zero-order valence-electron chi connectivity index (χ0n) is 12.1. The van der Waals surface area contributed by atoms with Crippen LogP contribution in [0, 0.1) is 0 Å². The van der Waals surface area contributed by atoms with Crippen LogP contribution >= 0.6 is 0 Å². The van der Waals surface area contributed by atoms with Crippen LogP contribution in [0.15, 0.2) is 36.5 Å². The number of anilines is 3. The summed E-state index contributed by atoms with van der Waals surface area (Å²) in [7, 11) is 3.18. The topological polar surface area (TPSA) is 72.5 Å². The summed E-state index contributed by atoms with van der Waals surface area (Å²) in [6.45, 7) is 1.45. The molecule has 6 heteroatoms. The van der Waals surface area contributed by atoms with E-state index in [2.05, 4.69) is 15.6 Å². The van der Waals surface area contributed by atoms with Crippen molar-refractivity contribution in [1.29, 1.82) is 0 Å². The lowest BCUT2D eigenvalue weighted by molar-refractivity contribution is -0.114. The van der Waals surface area contributed by atoms with Gasteiger partial charge in [-0.3, -0.25) is 4.79 Å². The number of benzene rings is 1. The maximum Gasteiger partial charge on any atom is 0.221 e. The number of carbonyl (C=O) groups is 1. The van der Waals surface area contributed by atoms with E-state index in [4.69, 9.17) is 9.47 Å². The number of ether oxygens (including phenoxy) is 2. The van der Waals surface area contributed by atoms with E-state index in [0.717, 1.165) is 5.69 Å². The first kappa shape index (κ1) is 14.6. The van der Waals surface area contributed by atoms with Gasteiger partial charge < -0.3 is 20.1 Å². The first-order chi connectivity index (χ1) is 10.1. The monoisotopic (exact) mass is 287 g/mol. The van der Waals surface area contributed by atoms with Gasteiger partial charge in [0.2, 0.25) is 5.91 Å². The van der Waals surface area contributed by atoms with Gasteiger partial charge in [-0.25, -0.2) is 4.98 Å². The van der Waals surface area contributed by atoms with Gasteiger partial charge in [-0.1, -0.05) is 0 Å². The lowest BCUT2D eigenvalue weighted by Crippen LogP contribution is -2.06. The van der Waals surface area contributed by atoms with E-state index < -0.39 is 0 Å². The zero-order chi connectivity index (χ0) is 15.2. The summed E-state index contributed by atoms with van der Waals surface area (Å²) in [5, 5.41) is 5.81. The van der Waals surface area contributed by atoms with Gasteiger partial charge in [-0.2, -0.15) is 0 Å². The minimum Gasteiger partial charge on any atom is -0.493 e. The Morgan fingerprint density at radius 2 is 1.76 bits per heavy atom. The van der Waals surface area contributed by atoms with Gasteiger partial charge in [-0.05, 0) is 24.3 Å². The molecule has 2 N–H and O–H groups in total. The number of aromatic nitrogens is 1. The molecule has 2 aromatic rings. The van der Waals surface area contributed by atoms with Gasteiger partial charge >= 0.3 is 0 Å². The predicted molar refractivity (Wildman–Crippen MR) is 81.4 cm³/mol. The van der Waals surface area contributed by atoms with Crippen molar-refractivity contribution in [3.8, 4) is 11.5 Å². The molecular formula is C15H17N3O3. The van der Waals surface area contributed by atoms with E-state index >= 15 is 0 Å². The van der Waals surface area contributed by atoms with Crippen LogP contribution < -0.4 is 20.1 Å². The highest BCUT2D eigenvalue weighted by molar-refractivity contribution is 5.88. The maximum atomic E-state index is 10.9. The molecule has 6 nitrogen and oxygen atoms in total. The molecule has 1 aromatic heterocycles. The van der Waals surface area contributed by atoms with Crippen molar-refractivity contribution in [2.45, 2.75) is 6.92 Å². The second kappa shape index (κ2) is 6.60. The molecule has 0 saturated carbocycles.